The lowest BCUT2D eigenvalue weighted by Gasteiger charge is -2.37. The molecule has 1 fully saturated rings. The Hall–Kier alpha value is -0.610. The molecule has 1 aliphatic heterocycles. The predicted octanol–water partition coefficient (Wildman–Crippen LogP) is 1.37. The first-order valence-electron chi connectivity index (χ1n) is 7.15. The third kappa shape index (κ3) is 4.58. The molecule has 4 heteroatoms. The fourth-order valence-electron chi connectivity index (χ4n) is 2.61. The van der Waals surface area contributed by atoms with Gasteiger partial charge in [0.1, 0.15) is 0 Å². The van der Waals surface area contributed by atoms with Crippen LogP contribution in [-0.2, 0) is 4.79 Å². The van der Waals surface area contributed by atoms with Crippen LogP contribution in [-0.4, -0.2) is 41.1 Å². The molecule has 1 aliphatic rings. The summed E-state index contributed by atoms with van der Waals surface area (Å²) in [5.41, 5.74) is 6.03. The lowest BCUT2D eigenvalue weighted by atomic mass is 9.87. The van der Waals surface area contributed by atoms with Crippen LogP contribution in [0.4, 0.5) is 0 Å². The minimum absolute atomic E-state index is 0.0592. The number of nitrogens with two attached hydrogens (primary N) is 1. The van der Waals surface area contributed by atoms with Crippen molar-refractivity contribution in [3.63, 3.8) is 0 Å². The first kappa shape index (κ1) is 15.4. The normalized spacial score (nSPS) is 26.4. The largest absolute Gasteiger partial charge is 0.393 e. The quantitative estimate of drug-likeness (QED) is 0.780. The summed E-state index contributed by atoms with van der Waals surface area (Å²) in [6.45, 7) is 7.49. The van der Waals surface area contributed by atoms with Crippen molar-refractivity contribution in [3.8, 4) is 0 Å². The highest BCUT2D eigenvalue weighted by Crippen LogP contribution is 2.23. The van der Waals surface area contributed by atoms with E-state index in [-0.39, 0.29) is 24.0 Å². The molecule has 0 aromatic heterocycles. The minimum atomic E-state index is -0.288. The maximum absolute atomic E-state index is 11.9. The zero-order chi connectivity index (χ0) is 13.7. The van der Waals surface area contributed by atoms with E-state index in [2.05, 4.69) is 0 Å². The van der Waals surface area contributed by atoms with Gasteiger partial charge in [0.15, 0.2) is 0 Å². The van der Waals surface area contributed by atoms with Gasteiger partial charge in [-0.2, -0.15) is 0 Å². The molecule has 0 bridgehead atoms. The van der Waals surface area contributed by atoms with Crippen LogP contribution in [0.3, 0.4) is 0 Å². The summed E-state index contributed by atoms with van der Waals surface area (Å²) < 4.78 is 0. The summed E-state index contributed by atoms with van der Waals surface area (Å²) in [4.78, 5) is 13.8. The number of rotatable bonds is 5. The van der Waals surface area contributed by atoms with Gasteiger partial charge in [-0.05, 0) is 31.1 Å². The van der Waals surface area contributed by atoms with Crippen molar-refractivity contribution in [2.45, 2.75) is 58.6 Å². The van der Waals surface area contributed by atoms with Gasteiger partial charge in [-0.1, -0.05) is 20.8 Å². The predicted molar refractivity (Wildman–Crippen MR) is 73.0 cm³/mol. The number of likely N-dealkylation sites (tertiary alicyclic amines) is 1. The maximum atomic E-state index is 11.9. The lowest BCUT2D eigenvalue weighted by Crippen LogP contribution is -2.50. The zero-order valence-corrected chi connectivity index (χ0v) is 11.9. The molecule has 3 unspecified atom stereocenters. The fraction of sp³-hybridized carbons (Fsp3) is 0.929. The SMILES string of the molecule is CCCC(=O)N1CC(N)CC(CC(O)C(C)C)C1. The molecule has 18 heavy (non-hydrogen) atoms. The van der Waals surface area contributed by atoms with E-state index in [1.807, 2.05) is 25.7 Å². The van der Waals surface area contributed by atoms with Crippen molar-refractivity contribution in [1.82, 2.24) is 4.90 Å². The van der Waals surface area contributed by atoms with E-state index >= 15 is 0 Å². The van der Waals surface area contributed by atoms with E-state index in [4.69, 9.17) is 5.73 Å². The number of nitrogens with zero attached hydrogens (tertiary/aromatic N) is 1. The number of amides is 1. The third-order valence-corrected chi connectivity index (χ3v) is 3.73. The first-order chi connectivity index (χ1) is 8.43. The second kappa shape index (κ2) is 7.10. The molecule has 1 rings (SSSR count). The van der Waals surface area contributed by atoms with Gasteiger partial charge >= 0.3 is 0 Å². The van der Waals surface area contributed by atoms with Crippen LogP contribution in [0.15, 0.2) is 0 Å². The average Bonchev–Trinajstić information content (AvgIpc) is 2.28. The zero-order valence-electron chi connectivity index (χ0n) is 11.9. The summed E-state index contributed by atoms with van der Waals surface area (Å²) in [6, 6.07) is 0.0592. The van der Waals surface area contributed by atoms with E-state index in [0.29, 0.717) is 18.9 Å². The Labute approximate surface area is 111 Å². The van der Waals surface area contributed by atoms with Crippen LogP contribution in [0, 0.1) is 11.8 Å². The molecule has 0 spiro atoms. The Bertz CT molecular complexity index is 269. The van der Waals surface area contributed by atoms with Crippen molar-refractivity contribution in [2.24, 2.45) is 17.6 Å². The van der Waals surface area contributed by atoms with Gasteiger partial charge < -0.3 is 15.7 Å². The van der Waals surface area contributed by atoms with E-state index in [0.717, 1.165) is 25.8 Å². The monoisotopic (exact) mass is 256 g/mol. The first-order valence-corrected chi connectivity index (χ1v) is 7.15. The Morgan fingerprint density at radius 3 is 2.67 bits per heavy atom. The second-order valence-corrected chi connectivity index (χ2v) is 5.96. The summed E-state index contributed by atoms with van der Waals surface area (Å²) in [5, 5.41) is 9.95. The van der Waals surface area contributed by atoms with Crippen LogP contribution in [0.5, 0.6) is 0 Å². The highest BCUT2D eigenvalue weighted by atomic mass is 16.3. The number of aliphatic hydroxyl groups is 1. The Kier molecular flexibility index (Phi) is 6.09. The van der Waals surface area contributed by atoms with Gasteiger partial charge in [0.2, 0.25) is 5.91 Å². The molecular formula is C14H28N2O2. The number of hydrogen-bond donors (Lipinski definition) is 2. The Balaban J connectivity index is 2.52. The number of carbonyl (C=O) groups is 1. The highest BCUT2D eigenvalue weighted by Gasteiger charge is 2.29. The van der Waals surface area contributed by atoms with E-state index in [1.165, 1.54) is 0 Å². The van der Waals surface area contributed by atoms with Gasteiger partial charge in [0.05, 0.1) is 6.10 Å². The molecule has 1 heterocycles. The van der Waals surface area contributed by atoms with Gasteiger partial charge in [-0.15, -0.1) is 0 Å². The molecule has 0 saturated carbocycles. The van der Waals surface area contributed by atoms with Gasteiger partial charge in [0, 0.05) is 25.6 Å². The number of carbonyl (C=O) groups excluding carboxylic acids is 1. The maximum Gasteiger partial charge on any atom is 0.222 e. The van der Waals surface area contributed by atoms with Gasteiger partial charge in [0.25, 0.3) is 0 Å². The lowest BCUT2D eigenvalue weighted by molar-refractivity contribution is -0.133. The van der Waals surface area contributed by atoms with Crippen molar-refractivity contribution in [2.75, 3.05) is 13.1 Å². The molecule has 1 saturated heterocycles. The Morgan fingerprint density at radius 1 is 1.44 bits per heavy atom. The minimum Gasteiger partial charge on any atom is -0.393 e. The second-order valence-electron chi connectivity index (χ2n) is 5.96. The van der Waals surface area contributed by atoms with E-state index in [9.17, 15) is 9.90 Å². The third-order valence-electron chi connectivity index (χ3n) is 3.73. The van der Waals surface area contributed by atoms with Crippen molar-refractivity contribution in [3.05, 3.63) is 0 Å². The average molecular weight is 256 g/mol. The molecule has 0 aromatic carbocycles. The van der Waals surface area contributed by atoms with Crippen LogP contribution in [0.2, 0.25) is 0 Å². The fourth-order valence-corrected chi connectivity index (χ4v) is 2.61. The summed E-state index contributed by atoms with van der Waals surface area (Å²) in [5.74, 6) is 0.812. The molecule has 3 atom stereocenters. The molecule has 4 nitrogen and oxygen atoms in total. The summed E-state index contributed by atoms with van der Waals surface area (Å²) in [7, 11) is 0. The number of aliphatic hydroxyl groups excluding tert-OH is 1. The van der Waals surface area contributed by atoms with Crippen LogP contribution < -0.4 is 5.73 Å². The molecule has 1 amide bonds. The molecule has 0 aromatic rings. The smallest absolute Gasteiger partial charge is 0.222 e. The molecule has 0 radical (unpaired) electrons. The van der Waals surface area contributed by atoms with E-state index < -0.39 is 0 Å². The van der Waals surface area contributed by atoms with Crippen LogP contribution >= 0.6 is 0 Å². The molecule has 3 N–H and O–H groups in total. The number of hydrogen-bond acceptors (Lipinski definition) is 3. The number of piperidine rings is 1. The standard InChI is InChI=1S/C14H28N2O2/c1-4-5-14(18)16-8-11(6-12(15)9-16)7-13(17)10(2)3/h10-13,17H,4-9,15H2,1-3H3. The van der Waals surface area contributed by atoms with Crippen LogP contribution in [0.1, 0.15) is 46.5 Å². The molecule has 106 valence electrons. The Morgan fingerprint density at radius 2 is 2.11 bits per heavy atom. The topological polar surface area (TPSA) is 66.6 Å². The van der Waals surface area contributed by atoms with E-state index in [1.54, 1.807) is 0 Å². The molecular weight excluding hydrogens is 228 g/mol. The van der Waals surface area contributed by atoms with Crippen molar-refractivity contribution < 1.29 is 9.90 Å². The highest BCUT2D eigenvalue weighted by molar-refractivity contribution is 5.76. The van der Waals surface area contributed by atoms with Gasteiger partial charge in [-0.25, -0.2) is 0 Å². The molecule has 0 aliphatic carbocycles. The van der Waals surface area contributed by atoms with Crippen molar-refractivity contribution in [1.29, 1.82) is 0 Å². The summed E-state index contributed by atoms with van der Waals surface area (Å²) in [6.07, 6.45) is 2.86. The van der Waals surface area contributed by atoms with Gasteiger partial charge in [-0.3, -0.25) is 4.79 Å². The van der Waals surface area contributed by atoms with Crippen LogP contribution in [0.25, 0.3) is 0 Å². The summed E-state index contributed by atoms with van der Waals surface area (Å²) >= 11 is 0. The van der Waals surface area contributed by atoms with Crippen molar-refractivity contribution >= 4 is 5.91 Å².